The third-order valence-corrected chi connectivity index (χ3v) is 2.57. The van der Waals surface area contributed by atoms with Gasteiger partial charge in [0.1, 0.15) is 10.3 Å². The third kappa shape index (κ3) is 1.66. The van der Waals surface area contributed by atoms with E-state index in [1.54, 1.807) is 10.6 Å². The summed E-state index contributed by atoms with van der Waals surface area (Å²) in [6.45, 7) is 1.86. The van der Waals surface area contributed by atoms with Crippen molar-refractivity contribution >= 4 is 27.5 Å². The molecule has 6 heteroatoms. The quantitative estimate of drug-likeness (QED) is 0.823. The lowest BCUT2D eigenvalue weighted by molar-refractivity contribution is 0.0995. The van der Waals surface area contributed by atoms with E-state index in [9.17, 15) is 4.79 Å². The number of Topliss-reactive ketones (excluding diaryl/α,β-unsaturated/α-hetero) is 1. The molecule has 15 heavy (non-hydrogen) atoms. The number of hydrogen-bond acceptors (Lipinski definition) is 4. The van der Waals surface area contributed by atoms with Gasteiger partial charge in [0.05, 0.1) is 6.54 Å². The Bertz CT molecular complexity index is 534. The number of nitrogens with two attached hydrogens (primary N) is 1. The van der Waals surface area contributed by atoms with E-state index >= 15 is 0 Å². The van der Waals surface area contributed by atoms with Crippen LogP contribution in [0.2, 0.25) is 0 Å². The Labute approximate surface area is 94.5 Å². The zero-order valence-electron chi connectivity index (χ0n) is 8.07. The SMILES string of the molecule is Cc1cnc2nc(Br)c(C(=O)CN)n2c1. The van der Waals surface area contributed by atoms with Crippen LogP contribution in [0.15, 0.2) is 17.0 Å². The van der Waals surface area contributed by atoms with Crippen LogP contribution in [0.3, 0.4) is 0 Å². The fourth-order valence-corrected chi connectivity index (χ4v) is 1.92. The van der Waals surface area contributed by atoms with Crippen molar-refractivity contribution in [3.05, 3.63) is 28.3 Å². The number of nitrogens with zero attached hydrogens (tertiary/aromatic N) is 3. The van der Waals surface area contributed by atoms with Crippen molar-refractivity contribution < 1.29 is 4.79 Å². The van der Waals surface area contributed by atoms with Gasteiger partial charge in [-0.25, -0.2) is 9.97 Å². The van der Waals surface area contributed by atoms with Crippen molar-refractivity contribution in [1.82, 2.24) is 14.4 Å². The molecule has 5 nitrogen and oxygen atoms in total. The summed E-state index contributed by atoms with van der Waals surface area (Å²) in [4.78, 5) is 19.8. The van der Waals surface area contributed by atoms with Gasteiger partial charge in [0.25, 0.3) is 0 Å². The molecule has 2 aromatic rings. The molecule has 0 aliphatic carbocycles. The monoisotopic (exact) mass is 268 g/mol. The summed E-state index contributed by atoms with van der Waals surface area (Å²) < 4.78 is 2.13. The lowest BCUT2D eigenvalue weighted by Crippen LogP contribution is -2.16. The van der Waals surface area contributed by atoms with Gasteiger partial charge < -0.3 is 5.73 Å². The Kier molecular flexibility index (Phi) is 2.54. The first-order valence-corrected chi connectivity index (χ1v) is 5.16. The van der Waals surface area contributed by atoms with Crippen LogP contribution in [0, 0.1) is 6.92 Å². The van der Waals surface area contributed by atoms with Crippen molar-refractivity contribution in [1.29, 1.82) is 0 Å². The molecular weight excluding hydrogens is 260 g/mol. The maximum absolute atomic E-state index is 11.6. The maximum Gasteiger partial charge on any atom is 0.235 e. The number of carbonyl (C=O) groups excluding carboxylic acids is 1. The number of hydrogen-bond donors (Lipinski definition) is 1. The van der Waals surface area contributed by atoms with E-state index in [0.717, 1.165) is 5.56 Å². The number of carbonyl (C=O) groups is 1. The third-order valence-electron chi connectivity index (χ3n) is 2.02. The molecule has 0 aliphatic rings. The van der Waals surface area contributed by atoms with Crippen LogP contribution in [0.25, 0.3) is 5.78 Å². The molecule has 2 N–H and O–H groups in total. The second kappa shape index (κ2) is 3.71. The van der Waals surface area contributed by atoms with Gasteiger partial charge in [0, 0.05) is 12.4 Å². The highest BCUT2D eigenvalue weighted by atomic mass is 79.9. The second-order valence-electron chi connectivity index (χ2n) is 3.18. The summed E-state index contributed by atoms with van der Waals surface area (Å²) in [5.41, 5.74) is 6.73. The zero-order valence-corrected chi connectivity index (χ0v) is 9.65. The van der Waals surface area contributed by atoms with Crippen LogP contribution in [0.5, 0.6) is 0 Å². The number of aromatic nitrogens is 3. The minimum absolute atomic E-state index is 0.0413. The molecule has 2 aromatic heterocycles. The fourth-order valence-electron chi connectivity index (χ4n) is 1.35. The van der Waals surface area contributed by atoms with E-state index in [2.05, 4.69) is 25.9 Å². The lowest BCUT2D eigenvalue weighted by atomic mass is 10.3. The molecule has 0 amide bonds. The molecule has 78 valence electrons. The van der Waals surface area contributed by atoms with Gasteiger partial charge in [-0.05, 0) is 28.4 Å². The number of fused-ring (bicyclic) bond motifs is 1. The molecule has 0 spiro atoms. The van der Waals surface area contributed by atoms with Crippen molar-refractivity contribution in [3.8, 4) is 0 Å². The van der Waals surface area contributed by atoms with Crippen molar-refractivity contribution in [3.63, 3.8) is 0 Å². The van der Waals surface area contributed by atoms with Crippen molar-refractivity contribution in [2.24, 2.45) is 5.73 Å². The van der Waals surface area contributed by atoms with E-state index in [1.165, 1.54) is 0 Å². The summed E-state index contributed by atoms with van der Waals surface area (Å²) in [6, 6.07) is 0. The molecule has 0 radical (unpaired) electrons. The summed E-state index contributed by atoms with van der Waals surface area (Å²) in [7, 11) is 0. The highest BCUT2D eigenvalue weighted by molar-refractivity contribution is 9.10. The Morgan fingerprint density at radius 1 is 1.67 bits per heavy atom. The molecule has 0 bridgehead atoms. The summed E-state index contributed by atoms with van der Waals surface area (Å²) in [6.07, 6.45) is 3.51. The topological polar surface area (TPSA) is 73.3 Å². The molecule has 0 fully saturated rings. The first-order chi connectivity index (χ1) is 7.13. The molecule has 0 atom stereocenters. The molecule has 0 aromatic carbocycles. The first kappa shape index (κ1) is 10.3. The average molecular weight is 269 g/mol. The van der Waals surface area contributed by atoms with Gasteiger partial charge in [0.2, 0.25) is 5.78 Å². The number of halogens is 1. The molecule has 2 heterocycles. The Balaban J connectivity index is 2.76. The van der Waals surface area contributed by atoms with E-state index in [0.29, 0.717) is 16.1 Å². The van der Waals surface area contributed by atoms with Crippen molar-refractivity contribution in [2.75, 3.05) is 6.54 Å². The van der Waals surface area contributed by atoms with Crippen LogP contribution in [0.4, 0.5) is 0 Å². The summed E-state index contributed by atoms with van der Waals surface area (Å²) in [5.74, 6) is 0.325. The zero-order chi connectivity index (χ0) is 11.0. The van der Waals surface area contributed by atoms with Crippen LogP contribution >= 0.6 is 15.9 Å². The smallest absolute Gasteiger partial charge is 0.235 e. The normalized spacial score (nSPS) is 10.9. The predicted octanol–water partition coefficient (Wildman–Crippen LogP) is 0.942. The van der Waals surface area contributed by atoms with Gasteiger partial charge >= 0.3 is 0 Å². The van der Waals surface area contributed by atoms with Gasteiger partial charge in [-0.2, -0.15) is 0 Å². The fraction of sp³-hybridized carbons (Fsp3) is 0.222. The second-order valence-corrected chi connectivity index (χ2v) is 3.93. The highest BCUT2D eigenvalue weighted by Gasteiger charge is 2.16. The van der Waals surface area contributed by atoms with Gasteiger partial charge in [-0.1, -0.05) is 0 Å². The van der Waals surface area contributed by atoms with Gasteiger partial charge in [-0.15, -0.1) is 0 Å². The number of aryl methyl sites for hydroxylation is 1. The van der Waals surface area contributed by atoms with Crippen LogP contribution < -0.4 is 5.73 Å². The van der Waals surface area contributed by atoms with Gasteiger partial charge in [-0.3, -0.25) is 9.20 Å². The van der Waals surface area contributed by atoms with E-state index in [4.69, 9.17) is 5.73 Å². The van der Waals surface area contributed by atoms with E-state index < -0.39 is 0 Å². The lowest BCUT2D eigenvalue weighted by Gasteiger charge is -1.99. The van der Waals surface area contributed by atoms with Crippen LogP contribution in [-0.4, -0.2) is 26.7 Å². The average Bonchev–Trinajstić information content (AvgIpc) is 2.52. The van der Waals surface area contributed by atoms with E-state index in [-0.39, 0.29) is 12.3 Å². The Hall–Kier alpha value is -1.27. The van der Waals surface area contributed by atoms with Crippen molar-refractivity contribution in [2.45, 2.75) is 6.92 Å². The number of rotatable bonds is 2. The Morgan fingerprint density at radius 3 is 3.07 bits per heavy atom. The Morgan fingerprint density at radius 2 is 2.40 bits per heavy atom. The molecule has 0 saturated carbocycles. The standard InChI is InChI=1S/C9H9BrN4O/c1-5-3-12-9-13-8(10)7(6(15)2-11)14(9)4-5/h3-4H,2,11H2,1H3. The highest BCUT2D eigenvalue weighted by Crippen LogP contribution is 2.17. The largest absolute Gasteiger partial charge is 0.324 e. The first-order valence-electron chi connectivity index (χ1n) is 4.37. The number of imidazole rings is 1. The molecular formula is C9H9BrN4O. The summed E-state index contributed by atoms with van der Waals surface area (Å²) in [5, 5.41) is 0. The molecule has 0 unspecified atom stereocenters. The minimum atomic E-state index is -0.165. The predicted molar refractivity (Wildman–Crippen MR) is 58.8 cm³/mol. The van der Waals surface area contributed by atoms with Crippen LogP contribution in [-0.2, 0) is 0 Å². The maximum atomic E-state index is 11.6. The van der Waals surface area contributed by atoms with Crippen LogP contribution in [0.1, 0.15) is 16.1 Å². The van der Waals surface area contributed by atoms with E-state index in [1.807, 2.05) is 13.1 Å². The number of ketones is 1. The molecule has 0 saturated heterocycles. The summed E-state index contributed by atoms with van der Waals surface area (Å²) >= 11 is 3.23. The minimum Gasteiger partial charge on any atom is -0.324 e. The molecule has 2 rings (SSSR count). The molecule has 0 aliphatic heterocycles. The van der Waals surface area contributed by atoms with Gasteiger partial charge in [0.15, 0.2) is 5.78 Å².